The van der Waals surface area contributed by atoms with Crippen molar-refractivity contribution in [2.24, 2.45) is 0 Å². The Bertz CT molecular complexity index is 1240. The van der Waals surface area contributed by atoms with Crippen LogP contribution in [0.1, 0.15) is 45.4 Å². The van der Waals surface area contributed by atoms with Crippen LogP contribution in [0.25, 0.3) is 5.65 Å². The van der Waals surface area contributed by atoms with Crippen LogP contribution >= 0.6 is 0 Å². The number of carbonyl (C=O) groups is 2. The Labute approximate surface area is 184 Å². The smallest absolute Gasteiger partial charge is 0.274 e. The summed E-state index contributed by atoms with van der Waals surface area (Å²) >= 11 is 0. The summed E-state index contributed by atoms with van der Waals surface area (Å²) in [5.41, 5.74) is 2.41. The average molecular weight is 426 g/mol. The van der Waals surface area contributed by atoms with E-state index in [1.165, 1.54) is 0 Å². The number of carbonyl (C=O) groups excluding carboxylic acids is 2. The van der Waals surface area contributed by atoms with Gasteiger partial charge in [0.1, 0.15) is 11.5 Å². The van der Waals surface area contributed by atoms with Gasteiger partial charge >= 0.3 is 0 Å². The minimum absolute atomic E-state index is 0.00264. The number of rotatable bonds is 4. The number of fused-ring (bicyclic) bond motifs is 1. The van der Waals surface area contributed by atoms with Gasteiger partial charge in [-0.1, -0.05) is 12.1 Å². The molecule has 1 fully saturated rings. The molecule has 0 atom stereocenters. The Morgan fingerprint density at radius 3 is 2.44 bits per heavy atom. The maximum Gasteiger partial charge on any atom is 0.274 e. The number of likely N-dealkylation sites (tertiary alicyclic amines) is 1. The zero-order valence-corrected chi connectivity index (χ0v) is 17.4. The second-order valence-electron chi connectivity index (χ2n) is 7.80. The molecule has 1 saturated heterocycles. The third-order valence-corrected chi connectivity index (χ3v) is 5.77. The molecule has 4 heterocycles. The molecule has 1 aliphatic rings. The lowest BCUT2D eigenvalue weighted by atomic mass is 9.95. The molecule has 0 saturated carbocycles. The van der Waals surface area contributed by atoms with Crippen LogP contribution < -0.4 is 5.32 Å². The molecular weight excluding hydrogens is 404 g/mol. The van der Waals surface area contributed by atoms with Crippen molar-refractivity contribution in [2.45, 2.75) is 18.8 Å². The molecule has 0 bridgehead atoms. The summed E-state index contributed by atoms with van der Waals surface area (Å²) in [5, 5.41) is 11.4. The molecule has 160 valence electrons. The minimum Gasteiger partial charge on any atom is -0.339 e. The zero-order chi connectivity index (χ0) is 21.9. The highest BCUT2D eigenvalue weighted by molar-refractivity contribution is 6.03. The molecule has 8 nitrogen and oxygen atoms in total. The van der Waals surface area contributed by atoms with E-state index in [1.807, 2.05) is 33.7 Å². The summed E-state index contributed by atoms with van der Waals surface area (Å²) in [6.45, 7) is 1.34. The number of anilines is 1. The first-order valence-electron chi connectivity index (χ1n) is 10.6. The Morgan fingerprint density at radius 1 is 0.906 bits per heavy atom. The summed E-state index contributed by atoms with van der Waals surface area (Å²) in [4.78, 5) is 31.1. The molecule has 1 N–H and O–H groups in total. The minimum atomic E-state index is -0.284. The predicted molar refractivity (Wildman–Crippen MR) is 119 cm³/mol. The van der Waals surface area contributed by atoms with E-state index >= 15 is 0 Å². The van der Waals surface area contributed by atoms with Gasteiger partial charge in [0.15, 0.2) is 5.65 Å². The Kier molecular flexibility index (Phi) is 5.33. The van der Waals surface area contributed by atoms with Crippen molar-refractivity contribution < 1.29 is 9.59 Å². The number of piperidine rings is 1. The van der Waals surface area contributed by atoms with Gasteiger partial charge in [-0.15, -0.1) is 10.2 Å². The molecule has 5 rings (SSSR count). The normalized spacial score (nSPS) is 14.4. The molecule has 1 aliphatic heterocycles. The predicted octanol–water partition coefficient (Wildman–Crippen LogP) is 3.40. The molecule has 2 amide bonds. The third-order valence-electron chi connectivity index (χ3n) is 5.77. The molecule has 0 aliphatic carbocycles. The lowest BCUT2D eigenvalue weighted by molar-refractivity contribution is 0.0711. The number of benzene rings is 1. The van der Waals surface area contributed by atoms with Gasteiger partial charge in [-0.2, -0.15) is 0 Å². The first-order chi connectivity index (χ1) is 15.7. The van der Waals surface area contributed by atoms with Crippen LogP contribution in [0.3, 0.4) is 0 Å². The van der Waals surface area contributed by atoms with E-state index in [0.29, 0.717) is 30.0 Å². The van der Waals surface area contributed by atoms with E-state index in [9.17, 15) is 9.59 Å². The highest BCUT2D eigenvalue weighted by atomic mass is 16.2. The van der Waals surface area contributed by atoms with Gasteiger partial charge in [0, 0.05) is 42.7 Å². The molecule has 32 heavy (non-hydrogen) atoms. The van der Waals surface area contributed by atoms with Gasteiger partial charge in [0.05, 0.1) is 0 Å². The van der Waals surface area contributed by atoms with Gasteiger partial charge in [-0.05, 0) is 61.4 Å². The molecule has 0 spiro atoms. The molecule has 4 aromatic rings. The number of nitrogens with zero attached hydrogens (tertiary/aromatic N) is 5. The molecular formula is C24H22N6O2. The van der Waals surface area contributed by atoms with Gasteiger partial charge in [-0.25, -0.2) is 0 Å². The zero-order valence-electron chi connectivity index (χ0n) is 17.4. The lowest BCUT2D eigenvalue weighted by Crippen LogP contribution is -2.38. The fraction of sp³-hybridized carbons (Fsp3) is 0.208. The van der Waals surface area contributed by atoms with Crippen molar-refractivity contribution >= 4 is 23.1 Å². The van der Waals surface area contributed by atoms with Crippen LogP contribution in [0, 0.1) is 0 Å². The largest absolute Gasteiger partial charge is 0.339 e. The van der Waals surface area contributed by atoms with Crippen LogP contribution in [-0.4, -0.2) is 49.4 Å². The van der Waals surface area contributed by atoms with Crippen molar-refractivity contribution in [3.63, 3.8) is 0 Å². The maximum atomic E-state index is 13.0. The molecule has 0 radical (unpaired) electrons. The average Bonchev–Trinajstić information content (AvgIpc) is 3.29. The summed E-state index contributed by atoms with van der Waals surface area (Å²) in [6, 6.07) is 18.0. The highest BCUT2D eigenvalue weighted by Gasteiger charge is 2.27. The first-order valence-corrected chi connectivity index (χ1v) is 10.6. The van der Waals surface area contributed by atoms with Crippen molar-refractivity contribution in [1.29, 1.82) is 0 Å². The fourth-order valence-corrected chi connectivity index (χ4v) is 4.05. The van der Waals surface area contributed by atoms with E-state index in [2.05, 4.69) is 20.5 Å². The van der Waals surface area contributed by atoms with Crippen molar-refractivity contribution in [3.8, 4) is 0 Å². The SMILES string of the molecule is O=C(Nc1ccc(C(=O)N2CCC(c3nnc4ccccn34)CC2)cc1)c1ccccn1. The number of pyridine rings is 2. The number of aromatic nitrogens is 4. The Morgan fingerprint density at radius 2 is 1.69 bits per heavy atom. The third kappa shape index (κ3) is 3.94. The quantitative estimate of drug-likeness (QED) is 0.540. The Hall–Kier alpha value is -4.07. The monoisotopic (exact) mass is 426 g/mol. The standard InChI is InChI=1S/C24H22N6O2/c31-23(20-5-1-3-13-25-20)26-19-9-7-18(8-10-19)24(32)29-15-11-17(12-16-29)22-28-27-21-6-2-4-14-30(21)22/h1-10,13-14,17H,11-12,15-16H2,(H,26,31). The Balaban J connectivity index is 1.20. The van der Waals surface area contributed by atoms with Crippen molar-refractivity contribution in [1.82, 2.24) is 24.5 Å². The van der Waals surface area contributed by atoms with E-state index in [0.717, 1.165) is 24.3 Å². The number of hydrogen-bond acceptors (Lipinski definition) is 5. The summed E-state index contributed by atoms with van der Waals surface area (Å²) in [5.74, 6) is 0.950. The molecule has 0 unspecified atom stereocenters. The maximum absolute atomic E-state index is 13.0. The fourth-order valence-electron chi connectivity index (χ4n) is 4.05. The van der Waals surface area contributed by atoms with Crippen LogP contribution in [0.15, 0.2) is 73.1 Å². The number of hydrogen-bond donors (Lipinski definition) is 1. The van der Waals surface area contributed by atoms with E-state index in [-0.39, 0.29) is 17.7 Å². The van der Waals surface area contributed by atoms with Gasteiger partial charge in [0.25, 0.3) is 11.8 Å². The van der Waals surface area contributed by atoms with Gasteiger partial charge in [-0.3, -0.25) is 19.0 Å². The van der Waals surface area contributed by atoms with E-state index in [1.54, 1.807) is 48.7 Å². The summed E-state index contributed by atoms with van der Waals surface area (Å²) < 4.78 is 2.03. The number of nitrogens with one attached hydrogen (secondary N) is 1. The van der Waals surface area contributed by atoms with Crippen LogP contribution in [0.4, 0.5) is 5.69 Å². The second-order valence-corrected chi connectivity index (χ2v) is 7.80. The highest BCUT2D eigenvalue weighted by Crippen LogP contribution is 2.28. The molecule has 8 heteroatoms. The molecule has 3 aromatic heterocycles. The molecule has 1 aromatic carbocycles. The van der Waals surface area contributed by atoms with Crippen molar-refractivity contribution in [2.75, 3.05) is 18.4 Å². The first kappa shape index (κ1) is 19.9. The summed E-state index contributed by atoms with van der Waals surface area (Å²) in [7, 11) is 0. The van der Waals surface area contributed by atoms with Gasteiger partial charge < -0.3 is 10.2 Å². The lowest BCUT2D eigenvalue weighted by Gasteiger charge is -2.31. The van der Waals surface area contributed by atoms with E-state index in [4.69, 9.17) is 0 Å². The second kappa shape index (κ2) is 8.58. The van der Waals surface area contributed by atoms with Crippen molar-refractivity contribution in [3.05, 3.63) is 90.1 Å². The topological polar surface area (TPSA) is 92.5 Å². The number of amides is 2. The van der Waals surface area contributed by atoms with E-state index < -0.39 is 0 Å². The van der Waals surface area contributed by atoms with Crippen LogP contribution in [0.5, 0.6) is 0 Å². The summed E-state index contributed by atoms with van der Waals surface area (Å²) in [6.07, 6.45) is 5.25. The van der Waals surface area contributed by atoms with Crippen LogP contribution in [0.2, 0.25) is 0 Å². The van der Waals surface area contributed by atoms with Gasteiger partial charge in [0.2, 0.25) is 0 Å². The van der Waals surface area contributed by atoms with Crippen LogP contribution in [-0.2, 0) is 0 Å².